The van der Waals surface area contributed by atoms with Crippen LogP contribution >= 0.6 is 11.3 Å². The molecule has 10 heteroatoms. The monoisotopic (exact) mass is 490 g/mol. The lowest BCUT2D eigenvalue weighted by molar-refractivity contribution is -0.136. The molecular formula is C24H15F5N2O2S. The molecule has 174 valence electrons. The second-order valence-corrected chi connectivity index (χ2v) is 8.72. The van der Waals surface area contributed by atoms with Gasteiger partial charge in [-0.25, -0.2) is 8.78 Å². The second kappa shape index (κ2) is 8.35. The molecule has 4 nitrogen and oxygen atoms in total. The zero-order valence-electron chi connectivity index (χ0n) is 17.2. The van der Waals surface area contributed by atoms with Gasteiger partial charge in [0.05, 0.1) is 22.9 Å². The highest BCUT2D eigenvalue weighted by atomic mass is 32.1. The van der Waals surface area contributed by atoms with Crippen LogP contribution in [-0.2, 0) is 6.18 Å². The van der Waals surface area contributed by atoms with Gasteiger partial charge in [0, 0.05) is 29.8 Å². The van der Waals surface area contributed by atoms with Crippen molar-refractivity contribution >= 4 is 27.5 Å². The molecule has 3 heterocycles. The third kappa shape index (κ3) is 3.98. The zero-order valence-corrected chi connectivity index (χ0v) is 18.1. The maximum absolute atomic E-state index is 14.1. The third-order valence-corrected chi connectivity index (χ3v) is 6.71. The Labute approximate surface area is 194 Å². The molecule has 0 aliphatic carbocycles. The van der Waals surface area contributed by atoms with E-state index in [0.29, 0.717) is 41.7 Å². The molecule has 2 aromatic heterocycles. The first-order valence-corrected chi connectivity index (χ1v) is 11.0. The molecule has 0 saturated heterocycles. The molecule has 0 bridgehead atoms. The number of nitrogens with one attached hydrogen (secondary N) is 1. The number of carbonyl (C=O) groups excluding carboxylic acids is 1. The number of carbonyl (C=O) groups is 1. The number of amides is 1. The van der Waals surface area contributed by atoms with Crippen molar-refractivity contribution in [2.75, 3.05) is 6.61 Å². The highest BCUT2D eigenvalue weighted by molar-refractivity contribution is 7.21. The summed E-state index contributed by atoms with van der Waals surface area (Å²) >= 11 is 0.591. The van der Waals surface area contributed by atoms with Crippen LogP contribution in [0, 0.1) is 11.6 Å². The smallest absolute Gasteiger partial charge is 0.420 e. The quantitative estimate of drug-likeness (QED) is 0.333. The van der Waals surface area contributed by atoms with Crippen molar-refractivity contribution in [3.05, 3.63) is 82.4 Å². The van der Waals surface area contributed by atoms with Gasteiger partial charge in [0.25, 0.3) is 5.91 Å². The predicted molar refractivity (Wildman–Crippen MR) is 117 cm³/mol. The summed E-state index contributed by atoms with van der Waals surface area (Å²) < 4.78 is 75.4. The molecule has 1 atom stereocenters. The number of benzene rings is 2. The molecule has 0 saturated carbocycles. The van der Waals surface area contributed by atoms with E-state index in [4.69, 9.17) is 4.74 Å². The zero-order chi connectivity index (χ0) is 24.0. The number of ether oxygens (including phenoxy) is 1. The standard InChI is InChI=1S/C24H15F5N2O2S/c25-13-9-12(10-14(26)11-13)15-5-7-30-20-19(24(27,28)29)22(34-21(15)20)23(32)31-17-6-8-33-18-4-2-1-3-16(17)18/h1-5,7,9-11,17H,6,8H2,(H,31,32)/t17-/m0/s1. The molecule has 1 aliphatic rings. The van der Waals surface area contributed by atoms with Crippen molar-refractivity contribution in [2.45, 2.75) is 18.6 Å². The predicted octanol–water partition coefficient (Wildman–Crippen LogP) is 6.51. The normalized spacial score (nSPS) is 15.6. The fourth-order valence-electron chi connectivity index (χ4n) is 4.07. The summed E-state index contributed by atoms with van der Waals surface area (Å²) in [7, 11) is 0. The fraction of sp³-hybridized carbons (Fsp3) is 0.167. The van der Waals surface area contributed by atoms with E-state index in [1.165, 1.54) is 6.07 Å². The Bertz CT molecular complexity index is 1400. The molecule has 0 radical (unpaired) electrons. The minimum atomic E-state index is -4.88. The average molecular weight is 490 g/mol. The average Bonchev–Trinajstić information content (AvgIpc) is 3.19. The van der Waals surface area contributed by atoms with Gasteiger partial charge in [-0.3, -0.25) is 9.78 Å². The highest BCUT2D eigenvalue weighted by Crippen LogP contribution is 2.45. The van der Waals surface area contributed by atoms with Gasteiger partial charge >= 0.3 is 6.18 Å². The Morgan fingerprint density at radius 2 is 1.82 bits per heavy atom. The number of hydrogen-bond donors (Lipinski definition) is 1. The minimum absolute atomic E-state index is 0.0114. The van der Waals surface area contributed by atoms with Gasteiger partial charge in [-0.2, -0.15) is 13.2 Å². The maximum Gasteiger partial charge on any atom is 0.420 e. The Kier molecular flexibility index (Phi) is 5.47. The Hall–Kier alpha value is -3.53. The van der Waals surface area contributed by atoms with E-state index in [2.05, 4.69) is 10.3 Å². The first kappa shape index (κ1) is 22.3. The van der Waals surface area contributed by atoms with Crippen LogP contribution in [0.25, 0.3) is 21.3 Å². The Balaban J connectivity index is 1.62. The molecule has 34 heavy (non-hydrogen) atoms. The minimum Gasteiger partial charge on any atom is -0.493 e. The molecule has 2 aromatic carbocycles. The van der Waals surface area contributed by atoms with Crippen LogP contribution in [0.2, 0.25) is 0 Å². The van der Waals surface area contributed by atoms with Gasteiger partial charge in [-0.15, -0.1) is 11.3 Å². The van der Waals surface area contributed by atoms with E-state index in [0.717, 1.165) is 18.3 Å². The largest absolute Gasteiger partial charge is 0.493 e. The summed E-state index contributed by atoms with van der Waals surface area (Å²) in [6, 6.07) is 10.5. The van der Waals surface area contributed by atoms with E-state index in [1.54, 1.807) is 24.3 Å². The van der Waals surface area contributed by atoms with Crippen molar-refractivity contribution in [3.8, 4) is 16.9 Å². The highest BCUT2D eigenvalue weighted by Gasteiger charge is 2.41. The van der Waals surface area contributed by atoms with Crippen molar-refractivity contribution in [1.82, 2.24) is 10.3 Å². The molecular weight excluding hydrogens is 475 g/mol. The number of aromatic nitrogens is 1. The Morgan fingerprint density at radius 1 is 1.09 bits per heavy atom. The van der Waals surface area contributed by atoms with Crippen LogP contribution < -0.4 is 10.1 Å². The molecule has 0 unspecified atom stereocenters. The lowest BCUT2D eigenvalue weighted by atomic mass is 10.0. The lowest BCUT2D eigenvalue weighted by Crippen LogP contribution is -2.32. The summed E-state index contributed by atoms with van der Waals surface area (Å²) in [4.78, 5) is 16.4. The van der Waals surface area contributed by atoms with E-state index in [9.17, 15) is 26.7 Å². The molecule has 0 spiro atoms. The summed E-state index contributed by atoms with van der Waals surface area (Å²) in [5.74, 6) is -2.09. The van der Waals surface area contributed by atoms with Crippen LogP contribution in [-0.4, -0.2) is 17.5 Å². The van der Waals surface area contributed by atoms with Crippen LogP contribution in [0.5, 0.6) is 5.75 Å². The maximum atomic E-state index is 14.1. The van der Waals surface area contributed by atoms with E-state index in [1.807, 2.05) is 0 Å². The number of rotatable bonds is 3. The van der Waals surface area contributed by atoms with Gasteiger partial charge < -0.3 is 10.1 Å². The summed E-state index contributed by atoms with van der Waals surface area (Å²) in [5, 5.41) is 2.69. The number of pyridine rings is 1. The van der Waals surface area contributed by atoms with Crippen LogP contribution in [0.15, 0.2) is 54.7 Å². The number of fused-ring (bicyclic) bond motifs is 2. The first-order chi connectivity index (χ1) is 16.2. The molecule has 5 rings (SSSR count). The molecule has 1 N–H and O–H groups in total. The van der Waals surface area contributed by atoms with Crippen molar-refractivity contribution < 1.29 is 31.5 Å². The van der Waals surface area contributed by atoms with Gasteiger partial charge in [-0.1, -0.05) is 18.2 Å². The number of hydrogen-bond acceptors (Lipinski definition) is 4. The molecule has 4 aromatic rings. The summed E-state index contributed by atoms with van der Waals surface area (Å²) in [5.41, 5.74) is -0.758. The van der Waals surface area contributed by atoms with Gasteiger partial charge in [0.1, 0.15) is 27.8 Å². The molecule has 1 amide bonds. The number of alkyl halides is 3. The topological polar surface area (TPSA) is 51.2 Å². The van der Waals surface area contributed by atoms with E-state index < -0.39 is 45.7 Å². The van der Waals surface area contributed by atoms with Crippen LogP contribution in [0.3, 0.4) is 0 Å². The molecule has 0 fully saturated rings. The SMILES string of the molecule is O=C(N[C@H]1CCOc2ccccc21)c1sc2c(-c3cc(F)cc(F)c3)ccnc2c1C(F)(F)F. The lowest BCUT2D eigenvalue weighted by Gasteiger charge is -2.26. The number of halogens is 5. The second-order valence-electron chi connectivity index (χ2n) is 7.70. The summed E-state index contributed by atoms with van der Waals surface area (Å²) in [6.45, 7) is 0.303. The third-order valence-electron chi connectivity index (χ3n) is 5.50. The van der Waals surface area contributed by atoms with Crippen LogP contribution in [0.4, 0.5) is 22.0 Å². The van der Waals surface area contributed by atoms with Gasteiger partial charge in [0.2, 0.25) is 0 Å². The van der Waals surface area contributed by atoms with E-state index >= 15 is 0 Å². The first-order valence-electron chi connectivity index (χ1n) is 10.2. The number of nitrogens with zero attached hydrogens (tertiary/aromatic N) is 1. The van der Waals surface area contributed by atoms with Gasteiger partial charge in [-0.05, 0) is 29.8 Å². The molecule has 1 aliphatic heterocycles. The van der Waals surface area contributed by atoms with Gasteiger partial charge in [0.15, 0.2) is 0 Å². The van der Waals surface area contributed by atoms with Crippen molar-refractivity contribution in [2.24, 2.45) is 0 Å². The van der Waals surface area contributed by atoms with Crippen molar-refractivity contribution in [1.29, 1.82) is 0 Å². The Morgan fingerprint density at radius 3 is 2.56 bits per heavy atom. The fourth-order valence-corrected chi connectivity index (χ4v) is 5.28. The van der Waals surface area contributed by atoms with Crippen molar-refractivity contribution in [3.63, 3.8) is 0 Å². The van der Waals surface area contributed by atoms with Crippen LogP contribution in [0.1, 0.15) is 33.3 Å². The van der Waals surface area contributed by atoms with E-state index in [-0.39, 0.29) is 15.8 Å². The number of thiophene rings is 1. The number of para-hydroxylation sites is 1. The summed E-state index contributed by atoms with van der Waals surface area (Å²) in [6.07, 6.45) is -3.36.